The normalized spacial score (nSPS) is 25.1. The van der Waals surface area contributed by atoms with E-state index in [0.29, 0.717) is 0 Å². The molecule has 0 aliphatic carbocycles. The summed E-state index contributed by atoms with van der Waals surface area (Å²) in [5, 5.41) is 31.9. The third-order valence-electron chi connectivity index (χ3n) is 5.54. The van der Waals surface area contributed by atoms with Crippen LogP contribution in [0.5, 0.6) is 5.75 Å². The first-order chi connectivity index (χ1) is 14.9. The Morgan fingerprint density at radius 3 is 2.62 bits per heavy atom. The van der Waals surface area contributed by atoms with Gasteiger partial charge in [0.1, 0.15) is 28.6 Å². The molecule has 7 N–H and O–H groups in total. The zero-order chi connectivity index (χ0) is 24.0. The molecule has 11 nitrogen and oxygen atoms in total. The van der Waals surface area contributed by atoms with Gasteiger partial charge in [-0.25, -0.2) is 4.79 Å². The van der Waals surface area contributed by atoms with E-state index in [1.54, 1.807) is 13.8 Å². The maximum atomic E-state index is 13.1. The predicted octanol–water partition coefficient (Wildman–Crippen LogP) is -0.623. The number of primary amides is 1. The monoisotopic (exact) mass is 479 g/mol. The van der Waals surface area contributed by atoms with Gasteiger partial charge in [-0.3, -0.25) is 14.4 Å². The number of β-lactam (4-membered cyclic amide) rings is 1. The number of carbonyl (C=O) groups is 4. The molecule has 13 heteroatoms. The van der Waals surface area contributed by atoms with E-state index in [-0.39, 0.29) is 22.6 Å². The fourth-order valence-corrected chi connectivity index (χ4v) is 5.92. The largest absolute Gasteiger partial charge is 0.508 e. The molecular formula is C19H21N5O6S2. The van der Waals surface area contributed by atoms with Crippen molar-refractivity contribution in [2.24, 2.45) is 11.5 Å². The van der Waals surface area contributed by atoms with Crippen LogP contribution in [0, 0.1) is 10.7 Å². The van der Waals surface area contributed by atoms with E-state index in [9.17, 15) is 29.4 Å². The Morgan fingerprint density at radius 2 is 2.06 bits per heavy atom. The Morgan fingerprint density at radius 1 is 1.41 bits per heavy atom. The average Bonchev–Trinajstić information content (AvgIpc) is 2.98. The zero-order valence-corrected chi connectivity index (χ0v) is 18.7. The second kappa shape index (κ2) is 8.19. The molecule has 3 amide bonds. The Balaban J connectivity index is 1.87. The SMILES string of the molecule is CC1(C)SC2C(NC(=O)C(N)(C(N)=O)c3ccc(O)c(CSC#N)c3)C(=O)N2C1C(=O)O. The topological polar surface area (TPSA) is 200 Å². The number of fused-ring (bicyclic) bond motifs is 1. The molecule has 2 aliphatic heterocycles. The highest BCUT2D eigenvalue weighted by molar-refractivity contribution is 8.03. The summed E-state index contributed by atoms with van der Waals surface area (Å²) in [5.74, 6) is -4.06. The van der Waals surface area contributed by atoms with Crippen LogP contribution in [-0.2, 0) is 30.5 Å². The number of carbonyl (C=O) groups excluding carboxylic acids is 3. The van der Waals surface area contributed by atoms with Crippen molar-refractivity contribution in [2.45, 2.75) is 47.3 Å². The van der Waals surface area contributed by atoms with Gasteiger partial charge in [-0.2, -0.15) is 5.26 Å². The predicted molar refractivity (Wildman–Crippen MR) is 116 cm³/mol. The maximum Gasteiger partial charge on any atom is 0.327 e. The summed E-state index contributed by atoms with van der Waals surface area (Å²) in [6.45, 7) is 3.38. The van der Waals surface area contributed by atoms with E-state index in [0.717, 1.165) is 11.8 Å². The van der Waals surface area contributed by atoms with Crippen LogP contribution in [0.3, 0.4) is 0 Å². The molecule has 0 aromatic heterocycles. The summed E-state index contributed by atoms with van der Waals surface area (Å²) in [4.78, 5) is 50.8. The van der Waals surface area contributed by atoms with Crippen molar-refractivity contribution < 1.29 is 29.4 Å². The Kier molecular flexibility index (Phi) is 6.07. The summed E-state index contributed by atoms with van der Waals surface area (Å²) in [6, 6.07) is 1.64. The molecule has 3 rings (SSSR count). The highest BCUT2D eigenvalue weighted by atomic mass is 32.2. The van der Waals surface area contributed by atoms with Crippen molar-refractivity contribution in [2.75, 3.05) is 0 Å². The number of phenols is 1. The quantitative estimate of drug-likeness (QED) is 0.191. The second-order valence-corrected chi connectivity index (χ2v) is 10.5. The number of rotatable bonds is 7. The van der Waals surface area contributed by atoms with Gasteiger partial charge in [0, 0.05) is 16.1 Å². The molecular weight excluding hydrogens is 458 g/mol. The minimum atomic E-state index is -2.37. The first-order valence-electron chi connectivity index (χ1n) is 9.32. The lowest BCUT2D eigenvalue weighted by Crippen LogP contribution is -2.73. The number of hydrogen-bond acceptors (Lipinski definition) is 9. The van der Waals surface area contributed by atoms with E-state index in [1.165, 1.54) is 34.9 Å². The minimum Gasteiger partial charge on any atom is -0.508 e. The van der Waals surface area contributed by atoms with Crippen LogP contribution in [0.2, 0.25) is 0 Å². The van der Waals surface area contributed by atoms with Gasteiger partial charge >= 0.3 is 5.97 Å². The molecule has 1 aromatic carbocycles. The van der Waals surface area contributed by atoms with Crippen molar-refractivity contribution >= 4 is 47.2 Å². The van der Waals surface area contributed by atoms with Crippen LogP contribution in [0.15, 0.2) is 18.2 Å². The first kappa shape index (κ1) is 23.7. The molecule has 4 unspecified atom stereocenters. The molecule has 0 saturated carbocycles. The summed E-state index contributed by atoms with van der Waals surface area (Å²) in [6.07, 6.45) is 0. The van der Waals surface area contributed by atoms with Crippen molar-refractivity contribution in [1.82, 2.24) is 10.2 Å². The highest BCUT2D eigenvalue weighted by Gasteiger charge is 2.64. The first-order valence-corrected chi connectivity index (χ1v) is 11.2. The molecule has 32 heavy (non-hydrogen) atoms. The number of benzene rings is 1. The third kappa shape index (κ3) is 3.64. The highest BCUT2D eigenvalue weighted by Crippen LogP contribution is 2.50. The van der Waals surface area contributed by atoms with E-state index in [1.807, 2.05) is 5.40 Å². The Labute approximate surface area is 191 Å². The number of phenolic OH excluding ortho intramolecular Hbond substituents is 1. The van der Waals surface area contributed by atoms with Crippen LogP contribution < -0.4 is 16.8 Å². The lowest BCUT2D eigenvalue weighted by Gasteiger charge is -2.44. The summed E-state index contributed by atoms with van der Waals surface area (Å²) >= 11 is 2.06. The fraction of sp³-hybridized carbons (Fsp3) is 0.421. The Hall–Kier alpha value is -2.95. The van der Waals surface area contributed by atoms with Crippen molar-refractivity contribution in [1.29, 1.82) is 5.26 Å². The zero-order valence-electron chi connectivity index (χ0n) is 17.1. The van der Waals surface area contributed by atoms with Crippen molar-refractivity contribution in [3.8, 4) is 11.2 Å². The van der Waals surface area contributed by atoms with Crippen molar-refractivity contribution in [3.63, 3.8) is 0 Å². The van der Waals surface area contributed by atoms with E-state index in [2.05, 4.69) is 5.32 Å². The van der Waals surface area contributed by atoms with Crippen LogP contribution >= 0.6 is 23.5 Å². The van der Waals surface area contributed by atoms with Crippen molar-refractivity contribution in [3.05, 3.63) is 29.3 Å². The average molecular weight is 480 g/mol. The van der Waals surface area contributed by atoms with Crippen LogP contribution in [-0.4, -0.2) is 61.0 Å². The maximum absolute atomic E-state index is 13.1. The molecule has 0 spiro atoms. The molecule has 2 fully saturated rings. The van der Waals surface area contributed by atoms with Gasteiger partial charge < -0.3 is 31.9 Å². The molecule has 1 aromatic rings. The summed E-state index contributed by atoms with van der Waals surface area (Å²) in [7, 11) is 0. The molecule has 0 bridgehead atoms. The van der Waals surface area contributed by atoms with Gasteiger partial charge in [0.05, 0.1) is 0 Å². The molecule has 2 aliphatic rings. The number of nitrogens with one attached hydrogen (secondary N) is 1. The van der Waals surface area contributed by atoms with Crippen LogP contribution in [0.25, 0.3) is 0 Å². The van der Waals surface area contributed by atoms with Crippen LogP contribution in [0.1, 0.15) is 25.0 Å². The number of amides is 3. The fourth-order valence-electron chi connectivity index (χ4n) is 3.84. The van der Waals surface area contributed by atoms with Gasteiger partial charge in [-0.15, -0.1) is 11.8 Å². The van der Waals surface area contributed by atoms with E-state index < -0.39 is 51.4 Å². The smallest absolute Gasteiger partial charge is 0.327 e. The number of nitrogens with zero attached hydrogens (tertiary/aromatic N) is 2. The van der Waals surface area contributed by atoms with Gasteiger partial charge in [0.15, 0.2) is 5.54 Å². The number of thioether (sulfide) groups is 2. The van der Waals surface area contributed by atoms with E-state index >= 15 is 0 Å². The molecule has 2 saturated heterocycles. The lowest BCUT2D eigenvalue weighted by molar-refractivity contribution is -0.161. The molecule has 0 radical (unpaired) electrons. The number of aliphatic carboxylic acids is 1. The number of nitrogens with two attached hydrogens (primary N) is 2. The number of nitriles is 1. The number of carboxylic acid groups (broad SMARTS) is 1. The van der Waals surface area contributed by atoms with Gasteiger partial charge in [0.2, 0.25) is 5.91 Å². The number of aromatic hydroxyl groups is 1. The van der Waals surface area contributed by atoms with E-state index in [4.69, 9.17) is 16.7 Å². The second-order valence-electron chi connectivity index (χ2n) is 7.94. The molecule has 2 heterocycles. The molecule has 170 valence electrons. The van der Waals surface area contributed by atoms with Gasteiger partial charge in [0.25, 0.3) is 11.8 Å². The number of thiocyanates is 1. The standard InChI is InChI=1S/C19H21N5O6S2/c1-18(2)12(15(27)28)24-13(26)11(14(24)32-18)23-17(30)19(22,16(21)29)9-3-4-10(25)8(5-9)6-31-7-20/h3-5,11-12,14,25H,6,22H2,1-2H3,(H2,21,29)(H,23,30)(H,27,28). The molecule has 4 atom stereocenters. The number of hydrogen-bond donors (Lipinski definition) is 5. The lowest BCUT2D eigenvalue weighted by atomic mass is 9.87. The van der Waals surface area contributed by atoms with Crippen LogP contribution in [0.4, 0.5) is 0 Å². The Bertz CT molecular complexity index is 1060. The van der Waals surface area contributed by atoms with Gasteiger partial charge in [-0.1, -0.05) is 6.07 Å². The number of carboxylic acids is 1. The van der Waals surface area contributed by atoms with Gasteiger partial charge in [-0.05, 0) is 43.3 Å². The summed E-state index contributed by atoms with van der Waals surface area (Å²) < 4.78 is -0.792. The minimum absolute atomic E-state index is 0.0275. The summed E-state index contributed by atoms with van der Waals surface area (Å²) in [5.41, 5.74) is 9.44. The third-order valence-corrected chi connectivity index (χ3v) is 7.69.